The third kappa shape index (κ3) is 3.58. The summed E-state index contributed by atoms with van der Waals surface area (Å²) in [5.41, 5.74) is 5.46. The highest BCUT2D eigenvalue weighted by Crippen LogP contribution is 2.45. The number of hydrogen-bond acceptors (Lipinski definition) is 7. The van der Waals surface area contributed by atoms with Gasteiger partial charge in [0.05, 0.1) is 44.1 Å². The standard InChI is InChI=1S/C26H25N5O5/c1-14-21(24(26(33)36-5)30(2)28-14)27-25(32)22-18-11-15-12-19(34-3)20(35-4)13-17(15)23(18)31(29-22)16-9-7-6-8-10-16/h6-10,12-13H,11H2,1-5H3,(H,27,32). The van der Waals surface area contributed by atoms with E-state index >= 15 is 0 Å². The molecule has 0 bridgehead atoms. The summed E-state index contributed by atoms with van der Waals surface area (Å²) in [6.45, 7) is 1.71. The molecule has 10 heteroatoms. The number of carbonyl (C=O) groups excluding carboxylic acids is 2. The van der Waals surface area contributed by atoms with Crippen LogP contribution < -0.4 is 14.8 Å². The second-order valence-electron chi connectivity index (χ2n) is 8.34. The van der Waals surface area contributed by atoms with Gasteiger partial charge in [-0.1, -0.05) is 18.2 Å². The van der Waals surface area contributed by atoms with Crippen molar-refractivity contribution in [2.24, 2.45) is 7.05 Å². The van der Waals surface area contributed by atoms with Gasteiger partial charge in [-0.2, -0.15) is 10.2 Å². The highest BCUT2D eigenvalue weighted by molar-refractivity contribution is 6.09. The summed E-state index contributed by atoms with van der Waals surface area (Å²) in [6, 6.07) is 13.4. The molecule has 0 unspecified atom stereocenters. The molecule has 1 aliphatic carbocycles. The first kappa shape index (κ1) is 23.2. The van der Waals surface area contributed by atoms with Crippen LogP contribution in [0.2, 0.25) is 0 Å². The summed E-state index contributed by atoms with van der Waals surface area (Å²) in [4.78, 5) is 26.0. The molecule has 0 fully saturated rings. The maximum Gasteiger partial charge on any atom is 0.358 e. The van der Waals surface area contributed by atoms with Crippen molar-refractivity contribution in [3.8, 4) is 28.4 Å². The lowest BCUT2D eigenvalue weighted by Crippen LogP contribution is -2.18. The predicted octanol–water partition coefficient (Wildman–Crippen LogP) is 3.54. The molecule has 0 radical (unpaired) electrons. The number of nitrogens with zero attached hydrogens (tertiary/aromatic N) is 4. The monoisotopic (exact) mass is 487 g/mol. The minimum absolute atomic E-state index is 0.153. The normalized spacial score (nSPS) is 11.6. The lowest BCUT2D eigenvalue weighted by atomic mass is 10.1. The molecule has 1 aliphatic rings. The van der Waals surface area contributed by atoms with Crippen LogP contribution >= 0.6 is 0 Å². The number of fused-ring (bicyclic) bond motifs is 3. The van der Waals surface area contributed by atoms with Crippen molar-refractivity contribution < 1.29 is 23.8 Å². The molecule has 184 valence electrons. The number of aromatic nitrogens is 4. The molecule has 2 heterocycles. The number of hydrogen-bond donors (Lipinski definition) is 1. The molecule has 4 aromatic rings. The first-order valence-corrected chi connectivity index (χ1v) is 11.2. The van der Waals surface area contributed by atoms with Crippen molar-refractivity contribution in [1.29, 1.82) is 0 Å². The van der Waals surface area contributed by atoms with Gasteiger partial charge in [-0.3, -0.25) is 9.48 Å². The van der Waals surface area contributed by atoms with E-state index in [4.69, 9.17) is 19.3 Å². The number of aryl methyl sites for hydroxylation is 2. The molecule has 1 amide bonds. The third-order valence-corrected chi connectivity index (χ3v) is 6.27. The van der Waals surface area contributed by atoms with Crippen molar-refractivity contribution in [2.45, 2.75) is 13.3 Å². The molecule has 36 heavy (non-hydrogen) atoms. The first-order chi connectivity index (χ1) is 17.4. The van der Waals surface area contributed by atoms with Gasteiger partial charge in [-0.25, -0.2) is 9.48 Å². The molecule has 1 N–H and O–H groups in total. The van der Waals surface area contributed by atoms with Crippen LogP contribution in [0.25, 0.3) is 16.9 Å². The van der Waals surface area contributed by atoms with Gasteiger partial charge in [0, 0.05) is 24.6 Å². The van der Waals surface area contributed by atoms with Gasteiger partial charge < -0.3 is 19.5 Å². The zero-order valence-electron chi connectivity index (χ0n) is 20.6. The fourth-order valence-electron chi connectivity index (χ4n) is 4.62. The van der Waals surface area contributed by atoms with Gasteiger partial charge in [0.1, 0.15) is 0 Å². The zero-order valence-corrected chi connectivity index (χ0v) is 20.6. The minimum Gasteiger partial charge on any atom is -0.493 e. The van der Waals surface area contributed by atoms with E-state index in [0.717, 1.165) is 28.1 Å². The van der Waals surface area contributed by atoms with E-state index in [1.807, 2.05) is 42.5 Å². The SMILES string of the molecule is COC(=O)c1c(NC(=O)c2nn(-c3ccccc3)c3c2Cc2cc(OC)c(OC)cc2-3)c(C)nn1C. The Morgan fingerprint density at radius 2 is 1.69 bits per heavy atom. The summed E-state index contributed by atoms with van der Waals surface area (Å²) < 4.78 is 19.1. The summed E-state index contributed by atoms with van der Waals surface area (Å²) in [5.74, 6) is 0.152. The number of ether oxygens (including phenoxy) is 3. The Hall–Kier alpha value is -4.60. The second-order valence-corrected chi connectivity index (χ2v) is 8.34. The van der Waals surface area contributed by atoms with Crippen molar-refractivity contribution in [2.75, 3.05) is 26.6 Å². The maximum atomic E-state index is 13.6. The van der Waals surface area contributed by atoms with E-state index in [9.17, 15) is 9.59 Å². The van der Waals surface area contributed by atoms with Gasteiger partial charge >= 0.3 is 5.97 Å². The fourth-order valence-corrected chi connectivity index (χ4v) is 4.62. The van der Waals surface area contributed by atoms with Crippen LogP contribution in [0.3, 0.4) is 0 Å². The average Bonchev–Trinajstić information content (AvgIpc) is 3.52. The van der Waals surface area contributed by atoms with E-state index in [1.54, 1.807) is 32.9 Å². The Morgan fingerprint density at radius 1 is 1.00 bits per heavy atom. The average molecular weight is 488 g/mol. The van der Waals surface area contributed by atoms with Gasteiger partial charge in [-0.15, -0.1) is 0 Å². The van der Waals surface area contributed by atoms with Crippen LogP contribution in [0.5, 0.6) is 11.5 Å². The van der Waals surface area contributed by atoms with E-state index in [2.05, 4.69) is 10.4 Å². The van der Waals surface area contributed by atoms with E-state index < -0.39 is 11.9 Å². The van der Waals surface area contributed by atoms with Gasteiger partial charge in [0.25, 0.3) is 5.91 Å². The van der Waals surface area contributed by atoms with Gasteiger partial charge in [0.15, 0.2) is 22.9 Å². The number of esters is 1. The van der Waals surface area contributed by atoms with Crippen LogP contribution in [-0.2, 0) is 18.2 Å². The Bertz CT molecular complexity index is 1500. The van der Waals surface area contributed by atoms with Crippen LogP contribution in [0.1, 0.15) is 37.8 Å². The number of carbonyl (C=O) groups is 2. The van der Waals surface area contributed by atoms with Crippen molar-refractivity contribution >= 4 is 17.6 Å². The molecule has 0 atom stereocenters. The molecule has 10 nitrogen and oxygen atoms in total. The molecule has 0 saturated carbocycles. The van der Waals surface area contributed by atoms with E-state index in [0.29, 0.717) is 23.6 Å². The summed E-state index contributed by atoms with van der Waals surface area (Å²) >= 11 is 0. The lowest BCUT2D eigenvalue weighted by Gasteiger charge is -2.12. The van der Waals surface area contributed by atoms with E-state index in [-0.39, 0.29) is 17.1 Å². The largest absolute Gasteiger partial charge is 0.493 e. The lowest BCUT2D eigenvalue weighted by molar-refractivity contribution is 0.0589. The minimum atomic E-state index is -0.597. The van der Waals surface area contributed by atoms with Gasteiger partial charge in [-0.05, 0) is 36.8 Å². The number of para-hydroxylation sites is 1. The Morgan fingerprint density at radius 3 is 2.36 bits per heavy atom. The predicted molar refractivity (Wildman–Crippen MR) is 132 cm³/mol. The number of amides is 1. The summed E-state index contributed by atoms with van der Waals surface area (Å²) in [7, 11) is 6.08. The first-order valence-electron chi connectivity index (χ1n) is 11.2. The quantitative estimate of drug-likeness (QED) is 0.365. The van der Waals surface area contributed by atoms with Crippen molar-refractivity contribution in [3.05, 3.63) is 70.7 Å². The Balaban J connectivity index is 1.64. The Kier molecular flexibility index (Phi) is 5.71. The fraction of sp³-hybridized carbons (Fsp3) is 0.231. The number of anilines is 1. The molecular formula is C26H25N5O5. The van der Waals surface area contributed by atoms with Crippen LogP contribution in [0, 0.1) is 6.92 Å². The molecular weight excluding hydrogens is 462 g/mol. The Labute approximate surface area is 207 Å². The molecule has 2 aromatic carbocycles. The van der Waals surface area contributed by atoms with Crippen LogP contribution in [-0.4, -0.2) is 52.8 Å². The highest BCUT2D eigenvalue weighted by Gasteiger charge is 2.33. The third-order valence-electron chi connectivity index (χ3n) is 6.27. The molecule has 2 aromatic heterocycles. The summed E-state index contributed by atoms with van der Waals surface area (Å²) in [5, 5.41) is 11.8. The van der Waals surface area contributed by atoms with Crippen LogP contribution in [0.4, 0.5) is 5.69 Å². The number of rotatable bonds is 6. The van der Waals surface area contributed by atoms with E-state index in [1.165, 1.54) is 11.8 Å². The molecule has 0 aliphatic heterocycles. The topological polar surface area (TPSA) is 110 Å². The smallest absolute Gasteiger partial charge is 0.358 e. The second kappa shape index (κ2) is 8.88. The van der Waals surface area contributed by atoms with Gasteiger partial charge in [0.2, 0.25) is 0 Å². The molecule has 0 spiro atoms. The maximum absolute atomic E-state index is 13.6. The highest BCUT2D eigenvalue weighted by atomic mass is 16.5. The summed E-state index contributed by atoms with van der Waals surface area (Å²) in [6.07, 6.45) is 0.483. The number of benzene rings is 2. The zero-order chi connectivity index (χ0) is 25.6. The molecule has 5 rings (SSSR count). The van der Waals surface area contributed by atoms with Crippen LogP contribution in [0.15, 0.2) is 42.5 Å². The van der Waals surface area contributed by atoms with Crippen molar-refractivity contribution in [1.82, 2.24) is 19.6 Å². The van der Waals surface area contributed by atoms with Crippen molar-refractivity contribution in [3.63, 3.8) is 0 Å². The number of methoxy groups -OCH3 is 3. The molecule has 0 saturated heterocycles. The number of nitrogens with one attached hydrogen (secondary N) is 1.